The first-order valence-electron chi connectivity index (χ1n) is 14.6. The van der Waals surface area contributed by atoms with Gasteiger partial charge in [0.15, 0.2) is 0 Å². The Morgan fingerprint density at radius 2 is 1.32 bits per heavy atom. The van der Waals surface area contributed by atoms with Crippen LogP contribution in [-0.2, 0) is 39.8 Å². The summed E-state index contributed by atoms with van der Waals surface area (Å²) in [6.07, 6.45) is 6.03. The summed E-state index contributed by atoms with van der Waals surface area (Å²) in [5, 5.41) is 9.21. The van der Waals surface area contributed by atoms with Crippen LogP contribution in [0.3, 0.4) is 0 Å². The van der Waals surface area contributed by atoms with Crippen molar-refractivity contribution in [3.8, 4) is 5.75 Å². The fourth-order valence-corrected chi connectivity index (χ4v) is 5.15. The zero-order valence-electron chi connectivity index (χ0n) is 26.6. The molecule has 0 bridgehead atoms. The molecule has 1 aromatic rings. The van der Waals surface area contributed by atoms with Gasteiger partial charge in [0, 0.05) is 39.8 Å². The molecule has 41 heavy (non-hydrogen) atoms. The lowest BCUT2D eigenvalue weighted by molar-refractivity contribution is -0.157. The fourth-order valence-electron chi connectivity index (χ4n) is 5.15. The molecule has 0 radical (unpaired) electrons. The second-order valence-electron chi connectivity index (χ2n) is 10.7. The summed E-state index contributed by atoms with van der Waals surface area (Å²) in [6.45, 7) is 10.4. The highest BCUT2D eigenvalue weighted by atomic mass is 16.7. The summed E-state index contributed by atoms with van der Waals surface area (Å²) in [6, 6.07) is 7.91. The molecular weight excluding hydrogens is 528 g/mol. The highest BCUT2D eigenvalue weighted by Gasteiger charge is 2.33. The summed E-state index contributed by atoms with van der Waals surface area (Å²) in [7, 11) is 6.56. The molecule has 0 spiro atoms. The van der Waals surface area contributed by atoms with Gasteiger partial charge in [0.2, 0.25) is 0 Å². The van der Waals surface area contributed by atoms with Crippen LogP contribution in [0.4, 0.5) is 0 Å². The second-order valence-corrected chi connectivity index (χ2v) is 10.7. The SMILES string of the molecule is COCO[C@H]([C@H](C)/C=C/CO)[C@@H](C)CC[C@@H](OCOC)[C@H](C)[C@H](OCOC)[C@H](C)CCOCc1ccc(OC)cc1. The van der Waals surface area contributed by atoms with Gasteiger partial charge in [0.1, 0.15) is 26.1 Å². The third kappa shape index (κ3) is 14.9. The molecule has 0 aliphatic carbocycles. The predicted molar refractivity (Wildman–Crippen MR) is 160 cm³/mol. The first-order chi connectivity index (χ1) is 19.8. The Morgan fingerprint density at radius 1 is 0.732 bits per heavy atom. The molecule has 0 saturated heterocycles. The van der Waals surface area contributed by atoms with Gasteiger partial charge in [-0.2, -0.15) is 0 Å². The van der Waals surface area contributed by atoms with Gasteiger partial charge in [-0.3, -0.25) is 0 Å². The maximum Gasteiger partial charge on any atom is 0.146 e. The number of aliphatic hydroxyl groups excluding tert-OH is 1. The molecule has 0 aliphatic heterocycles. The van der Waals surface area contributed by atoms with E-state index in [-0.39, 0.29) is 69.0 Å². The minimum Gasteiger partial charge on any atom is -0.497 e. The van der Waals surface area contributed by atoms with E-state index in [0.29, 0.717) is 13.2 Å². The minimum absolute atomic E-state index is 0.00767. The first-order valence-corrected chi connectivity index (χ1v) is 14.6. The van der Waals surface area contributed by atoms with Crippen molar-refractivity contribution in [3.05, 3.63) is 42.0 Å². The Hall–Kier alpha value is -1.56. The van der Waals surface area contributed by atoms with Gasteiger partial charge in [-0.1, -0.05) is 52.0 Å². The molecule has 0 unspecified atom stereocenters. The molecule has 0 saturated carbocycles. The molecule has 0 fully saturated rings. The molecule has 0 amide bonds. The number of rotatable bonds is 25. The highest BCUT2D eigenvalue weighted by molar-refractivity contribution is 5.26. The highest BCUT2D eigenvalue weighted by Crippen LogP contribution is 2.30. The number of methoxy groups -OCH3 is 4. The predicted octanol–water partition coefficient (Wildman–Crippen LogP) is 5.44. The van der Waals surface area contributed by atoms with E-state index < -0.39 is 0 Å². The van der Waals surface area contributed by atoms with Crippen LogP contribution in [0.1, 0.15) is 52.5 Å². The van der Waals surface area contributed by atoms with Crippen LogP contribution in [0.15, 0.2) is 36.4 Å². The average Bonchev–Trinajstić information content (AvgIpc) is 2.98. The van der Waals surface area contributed by atoms with E-state index in [1.165, 1.54) is 0 Å². The van der Waals surface area contributed by atoms with Gasteiger partial charge in [-0.25, -0.2) is 0 Å². The van der Waals surface area contributed by atoms with Gasteiger partial charge >= 0.3 is 0 Å². The topological polar surface area (TPSA) is 94.1 Å². The third-order valence-electron chi connectivity index (χ3n) is 7.50. The van der Waals surface area contributed by atoms with Crippen molar-refractivity contribution in [2.75, 3.05) is 62.0 Å². The molecule has 1 aromatic carbocycles. The van der Waals surface area contributed by atoms with E-state index in [9.17, 15) is 5.11 Å². The third-order valence-corrected chi connectivity index (χ3v) is 7.50. The van der Waals surface area contributed by atoms with E-state index in [4.69, 9.17) is 37.9 Å². The summed E-state index contributed by atoms with van der Waals surface area (Å²) >= 11 is 0. The van der Waals surface area contributed by atoms with E-state index >= 15 is 0 Å². The van der Waals surface area contributed by atoms with Crippen LogP contribution in [0.5, 0.6) is 5.75 Å². The van der Waals surface area contributed by atoms with Gasteiger partial charge in [0.05, 0.1) is 38.6 Å². The molecule has 1 N–H and O–H groups in total. The van der Waals surface area contributed by atoms with Crippen molar-refractivity contribution in [2.45, 2.75) is 71.9 Å². The average molecular weight is 585 g/mol. The molecule has 238 valence electrons. The summed E-state index contributed by atoms with van der Waals surface area (Å²) in [5.74, 6) is 1.48. The number of aliphatic hydroxyl groups is 1. The second kappa shape index (κ2) is 23.0. The lowest BCUT2D eigenvalue weighted by Gasteiger charge is -2.35. The van der Waals surface area contributed by atoms with Crippen LogP contribution in [0, 0.1) is 23.7 Å². The van der Waals surface area contributed by atoms with Crippen LogP contribution < -0.4 is 4.74 Å². The molecule has 9 heteroatoms. The fraction of sp³-hybridized carbons (Fsp3) is 0.750. The van der Waals surface area contributed by atoms with Crippen molar-refractivity contribution in [3.63, 3.8) is 0 Å². The molecule has 9 nitrogen and oxygen atoms in total. The van der Waals surface area contributed by atoms with Gasteiger partial charge in [-0.05, 0) is 48.8 Å². The van der Waals surface area contributed by atoms with Gasteiger partial charge in [0.25, 0.3) is 0 Å². The molecule has 0 heterocycles. The Bertz CT molecular complexity index is 773. The van der Waals surface area contributed by atoms with Crippen molar-refractivity contribution >= 4 is 0 Å². The zero-order chi connectivity index (χ0) is 30.5. The standard InChI is InChI=1S/C32H56O9/c1-24(10-9-18-33)31(40-22-35-6)25(2)11-16-30(39-21-34-5)27(4)32(41-23-36-7)26(3)17-19-38-20-28-12-14-29(37-8)15-13-28/h9-10,12-15,24-27,30-33H,11,16-23H2,1-8H3/b10-9+/t24-,25+,26-,27+,30-,31-,32-/m1/s1. The minimum atomic E-state index is -0.0938. The number of hydrogen-bond acceptors (Lipinski definition) is 9. The first kappa shape index (κ1) is 37.5. The summed E-state index contributed by atoms with van der Waals surface area (Å²) < 4.78 is 45.4. The maximum atomic E-state index is 9.21. The van der Waals surface area contributed by atoms with Crippen molar-refractivity contribution in [2.24, 2.45) is 23.7 Å². The summed E-state index contributed by atoms with van der Waals surface area (Å²) in [4.78, 5) is 0. The molecular formula is C32H56O9. The van der Waals surface area contributed by atoms with Crippen LogP contribution in [0.25, 0.3) is 0 Å². The van der Waals surface area contributed by atoms with Crippen LogP contribution in [-0.4, -0.2) is 85.5 Å². The smallest absolute Gasteiger partial charge is 0.146 e. The van der Waals surface area contributed by atoms with Gasteiger partial charge < -0.3 is 43.0 Å². The van der Waals surface area contributed by atoms with E-state index in [2.05, 4.69) is 27.7 Å². The molecule has 1 rings (SSSR count). The van der Waals surface area contributed by atoms with Crippen LogP contribution in [0.2, 0.25) is 0 Å². The molecule has 7 atom stereocenters. The van der Waals surface area contributed by atoms with E-state index in [1.54, 1.807) is 34.5 Å². The van der Waals surface area contributed by atoms with Gasteiger partial charge in [-0.15, -0.1) is 0 Å². The quantitative estimate of drug-likeness (QED) is 0.0916. The largest absolute Gasteiger partial charge is 0.497 e. The van der Waals surface area contributed by atoms with Crippen molar-refractivity contribution in [1.29, 1.82) is 0 Å². The summed E-state index contributed by atoms with van der Waals surface area (Å²) in [5.41, 5.74) is 1.11. The Kier molecular flexibility index (Phi) is 21.0. The molecule has 0 aliphatic rings. The maximum absolute atomic E-state index is 9.21. The monoisotopic (exact) mass is 584 g/mol. The lowest BCUT2D eigenvalue weighted by Crippen LogP contribution is -2.39. The Morgan fingerprint density at radius 3 is 1.90 bits per heavy atom. The van der Waals surface area contributed by atoms with Crippen LogP contribution >= 0.6 is 0 Å². The number of benzene rings is 1. The van der Waals surface area contributed by atoms with Crippen molar-refractivity contribution in [1.82, 2.24) is 0 Å². The Balaban J connectivity index is 2.83. The molecule has 0 aromatic heterocycles. The van der Waals surface area contributed by atoms with E-state index in [0.717, 1.165) is 30.6 Å². The zero-order valence-corrected chi connectivity index (χ0v) is 26.6. The lowest BCUT2D eigenvalue weighted by atomic mass is 9.83. The number of hydrogen-bond donors (Lipinski definition) is 1. The number of ether oxygens (including phenoxy) is 8. The normalized spacial score (nSPS) is 17.2. The van der Waals surface area contributed by atoms with Crippen molar-refractivity contribution < 1.29 is 43.0 Å². The Labute approximate surface area is 248 Å². The van der Waals surface area contributed by atoms with E-state index in [1.807, 2.05) is 30.3 Å².